The third-order valence-electron chi connectivity index (χ3n) is 3.02. The molecular weight excluding hydrogens is 330 g/mol. The van der Waals surface area contributed by atoms with Crippen molar-refractivity contribution in [1.29, 1.82) is 0 Å². The molecule has 1 aromatic heterocycles. The van der Waals surface area contributed by atoms with Crippen molar-refractivity contribution in [2.45, 2.75) is 17.2 Å². The lowest BCUT2D eigenvalue weighted by molar-refractivity contribution is 0.598. The van der Waals surface area contributed by atoms with E-state index in [1.165, 1.54) is 0 Å². The maximum absolute atomic E-state index is 12.1. The van der Waals surface area contributed by atoms with Gasteiger partial charge in [-0.25, -0.2) is 0 Å². The van der Waals surface area contributed by atoms with Gasteiger partial charge in [-0.05, 0) is 18.6 Å². The summed E-state index contributed by atoms with van der Waals surface area (Å²) in [5.41, 5.74) is 1.50. The molecule has 1 aliphatic heterocycles. The maximum atomic E-state index is 12.1. The van der Waals surface area contributed by atoms with Crippen LogP contribution in [0.4, 0.5) is 5.69 Å². The van der Waals surface area contributed by atoms with Crippen LogP contribution in [0.2, 0.25) is 4.34 Å². The van der Waals surface area contributed by atoms with Gasteiger partial charge in [0.1, 0.15) is 0 Å². The lowest BCUT2D eigenvalue weighted by Gasteiger charge is -2.20. The maximum Gasteiger partial charge on any atom is 0.297 e. The summed E-state index contributed by atoms with van der Waals surface area (Å²) >= 11 is 6.86. The highest BCUT2D eigenvalue weighted by molar-refractivity contribution is 7.92. The zero-order chi connectivity index (χ0) is 15.0. The second-order valence-electron chi connectivity index (χ2n) is 4.57. The van der Waals surface area contributed by atoms with E-state index in [0.717, 1.165) is 16.9 Å². The third-order valence-corrected chi connectivity index (χ3v) is 6.07. The number of nitrogens with zero attached hydrogens (tertiary/aromatic N) is 1. The normalized spacial score (nSPS) is 17.3. The minimum Gasteiger partial charge on any atom is -0.349 e. The van der Waals surface area contributed by atoms with Gasteiger partial charge in [0.25, 0.3) is 10.0 Å². The number of hydrogen-bond acceptors (Lipinski definition) is 5. The van der Waals surface area contributed by atoms with E-state index in [4.69, 9.17) is 11.6 Å². The van der Waals surface area contributed by atoms with Gasteiger partial charge in [-0.2, -0.15) is 8.42 Å². The van der Waals surface area contributed by atoms with Gasteiger partial charge < -0.3 is 10.6 Å². The number of thiophene rings is 1. The molecule has 2 N–H and O–H groups in total. The largest absolute Gasteiger partial charge is 0.349 e. The molecule has 8 heteroatoms. The number of anilines is 1. The summed E-state index contributed by atoms with van der Waals surface area (Å²) < 4.78 is 28.5. The van der Waals surface area contributed by atoms with Crippen LogP contribution in [0.15, 0.2) is 45.0 Å². The smallest absolute Gasteiger partial charge is 0.297 e. The first-order valence-electron chi connectivity index (χ1n) is 6.18. The van der Waals surface area contributed by atoms with Crippen molar-refractivity contribution < 1.29 is 8.42 Å². The fourth-order valence-electron chi connectivity index (χ4n) is 2.03. The third kappa shape index (κ3) is 2.90. The van der Waals surface area contributed by atoms with Crippen LogP contribution in [-0.4, -0.2) is 14.4 Å². The highest BCUT2D eigenvalue weighted by atomic mass is 35.5. The van der Waals surface area contributed by atoms with Crippen molar-refractivity contribution in [3.63, 3.8) is 0 Å². The molecule has 0 saturated heterocycles. The molecule has 3 rings (SSSR count). The Morgan fingerprint density at radius 3 is 2.76 bits per heavy atom. The number of benzene rings is 1. The van der Waals surface area contributed by atoms with Crippen molar-refractivity contribution in [3.05, 3.63) is 46.3 Å². The highest BCUT2D eigenvalue weighted by Gasteiger charge is 2.28. The Kier molecular flexibility index (Phi) is 3.64. The number of fused-ring (bicyclic) bond motifs is 1. The molecule has 21 heavy (non-hydrogen) atoms. The van der Waals surface area contributed by atoms with Crippen molar-refractivity contribution in [3.8, 4) is 0 Å². The molecule has 1 aliphatic rings. The summed E-state index contributed by atoms with van der Waals surface area (Å²) in [6, 6.07) is 11.2. The van der Waals surface area contributed by atoms with Gasteiger partial charge in [-0.1, -0.05) is 41.9 Å². The van der Waals surface area contributed by atoms with Gasteiger partial charge in [0.2, 0.25) is 5.96 Å². The molecule has 0 saturated carbocycles. The average molecular weight is 342 g/mol. The van der Waals surface area contributed by atoms with Crippen LogP contribution >= 0.6 is 22.9 Å². The monoisotopic (exact) mass is 341 g/mol. The predicted molar refractivity (Wildman–Crippen MR) is 85.6 cm³/mol. The van der Waals surface area contributed by atoms with Crippen molar-refractivity contribution in [2.75, 3.05) is 5.32 Å². The summed E-state index contributed by atoms with van der Waals surface area (Å²) in [6.07, 6.45) is 0. The molecule has 110 valence electrons. The van der Waals surface area contributed by atoms with Gasteiger partial charge in [0, 0.05) is 0 Å². The van der Waals surface area contributed by atoms with Crippen molar-refractivity contribution in [2.24, 2.45) is 4.40 Å². The van der Waals surface area contributed by atoms with E-state index in [0.29, 0.717) is 10.0 Å². The summed E-state index contributed by atoms with van der Waals surface area (Å²) in [5.74, 6) is 0.202. The van der Waals surface area contributed by atoms with Crippen LogP contribution in [0, 0.1) is 0 Å². The number of rotatable bonds is 2. The summed E-state index contributed by atoms with van der Waals surface area (Å²) in [6.45, 7) is 1.93. The van der Waals surface area contributed by atoms with E-state index < -0.39 is 10.0 Å². The molecule has 5 nitrogen and oxygen atoms in total. The van der Waals surface area contributed by atoms with Crippen molar-refractivity contribution in [1.82, 2.24) is 5.32 Å². The van der Waals surface area contributed by atoms with Crippen LogP contribution < -0.4 is 10.6 Å². The minimum absolute atomic E-state index is 0.0803. The Morgan fingerprint density at radius 2 is 2.05 bits per heavy atom. The Bertz CT molecular complexity index is 800. The van der Waals surface area contributed by atoms with E-state index in [1.807, 2.05) is 37.3 Å². The van der Waals surface area contributed by atoms with E-state index in [1.54, 1.807) is 6.07 Å². The van der Waals surface area contributed by atoms with Crippen molar-refractivity contribution >= 4 is 44.6 Å². The second kappa shape index (κ2) is 5.32. The molecule has 1 atom stereocenters. The number of hydrogen-bond donors (Lipinski definition) is 2. The molecule has 0 aliphatic carbocycles. The number of guanidine groups is 1. The standard InChI is InChI=1S/C13H12ClN3O2S2/c1-8(9-5-3-2-4-6-9)15-13-16-10-7-11(14)20-12(10)21(18,19)17-13/h2-8H,1H3,(H2,15,16,17)/t8-/m1/s1. The van der Waals surface area contributed by atoms with Gasteiger partial charge in [-0.15, -0.1) is 15.7 Å². The first kappa shape index (κ1) is 14.4. The molecule has 1 aromatic carbocycles. The molecule has 0 bridgehead atoms. The minimum atomic E-state index is -3.70. The molecule has 0 unspecified atom stereocenters. The van der Waals surface area contributed by atoms with Gasteiger partial charge in [-0.3, -0.25) is 0 Å². The lowest BCUT2D eigenvalue weighted by Crippen LogP contribution is -2.35. The Labute approximate surface area is 131 Å². The first-order valence-corrected chi connectivity index (χ1v) is 8.82. The quantitative estimate of drug-likeness (QED) is 0.879. The Balaban J connectivity index is 1.86. The zero-order valence-electron chi connectivity index (χ0n) is 11.0. The SMILES string of the molecule is C[C@@H](NC1=NS(=O)(=O)c2sc(Cl)cc2N1)c1ccccc1. The molecule has 0 fully saturated rings. The molecular formula is C13H12ClN3O2S2. The summed E-state index contributed by atoms with van der Waals surface area (Å²) in [7, 11) is -3.70. The second-order valence-corrected chi connectivity index (χ2v) is 8.05. The van der Waals surface area contributed by atoms with Crippen LogP contribution in [0.5, 0.6) is 0 Å². The fourth-order valence-corrected chi connectivity index (χ4v) is 4.69. The Hall–Kier alpha value is -1.57. The average Bonchev–Trinajstić information content (AvgIpc) is 2.81. The molecule has 2 aromatic rings. The number of halogens is 1. The van der Waals surface area contributed by atoms with Gasteiger partial charge in [0.05, 0.1) is 16.1 Å². The molecule has 0 amide bonds. The topological polar surface area (TPSA) is 70.6 Å². The molecule has 0 radical (unpaired) electrons. The van der Waals surface area contributed by atoms with Crippen LogP contribution in [0.1, 0.15) is 18.5 Å². The van der Waals surface area contributed by atoms with Crippen LogP contribution in [-0.2, 0) is 10.0 Å². The molecule has 0 spiro atoms. The first-order chi connectivity index (χ1) is 9.95. The zero-order valence-corrected chi connectivity index (χ0v) is 13.4. The Morgan fingerprint density at radius 1 is 1.33 bits per heavy atom. The van der Waals surface area contributed by atoms with E-state index >= 15 is 0 Å². The van der Waals surface area contributed by atoms with Crippen LogP contribution in [0.25, 0.3) is 0 Å². The lowest BCUT2D eigenvalue weighted by atomic mass is 10.1. The summed E-state index contributed by atoms with van der Waals surface area (Å²) in [5, 5.41) is 6.02. The predicted octanol–water partition coefficient (Wildman–Crippen LogP) is 3.22. The van der Waals surface area contributed by atoms with Gasteiger partial charge >= 0.3 is 0 Å². The number of nitrogens with one attached hydrogen (secondary N) is 2. The number of sulfonamides is 1. The highest BCUT2D eigenvalue weighted by Crippen LogP contribution is 2.37. The summed E-state index contributed by atoms with van der Waals surface area (Å²) in [4.78, 5) is 0. The van der Waals surface area contributed by atoms with E-state index in [2.05, 4.69) is 15.0 Å². The fraction of sp³-hybridized carbons (Fsp3) is 0.154. The van der Waals surface area contributed by atoms with E-state index in [9.17, 15) is 8.42 Å². The van der Waals surface area contributed by atoms with Gasteiger partial charge in [0.15, 0.2) is 4.21 Å². The molecule has 2 heterocycles. The van der Waals surface area contributed by atoms with E-state index in [-0.39, 0.29) is 16.2 Å². The van der Waals surface area contributed by atoms with Crippen LogP contribution in [0.3, 0.4) is 0 Å².